The van der Waals surface area contributed by atoms with Crippen LogP contribution in [0.15, 0.2) is 36.4 Å². The summed E-state index contributed by atoms with van der Waals surface area (Å²) in [5.74, 6) is -0.663. The van der Waals surface area contributed by atoms with Crippen LogP contribution in [0.4, 0.5) is 20.6 Å². The van der Waals surface area contributed by atoms with Gasteiger partial charge in [0.1, 0.15) is 5.82 Å². The van der Waals surface area contributed by atoms with E-state index < -0.39 is 11.8 Å². The number of hydrogen-bond acceptors (Lipinski definition) is 2. The van der Waals surface area contributed by atoms with Crippen molar-refractivity contribution < 1.29 is 14.0 Å². The van der Waals surface area contributed by atoms with E-state index in [1.807, 2.05) is 6.92 Å². The summed E-state index contributed by atoms with van der Waals surface area (Å²) < 4.78 is 13.9. The van der Waals surface area contributed by atoms with Crippen LogP contribution < -0.4 is 10.6 Å². The van der Waals surface area contributed by atoms with Crippen LogP contribution >= 0.6 is 11.6 Å². The Morgan fingerprint density at radius 1 is 1.20 bits per heavy atom. The second-order valence-corrected chi connectivity index (χ2v) is 6.10. The van der Waals surface area contributed by atoms with Gasteiger partial charge in [-0.05, 0) is 36.8 Å². The number of nitrogens with one attached hydrogen (secondary N) is 2. The van der Waals surface area contributed by atoms with Crippen molar-refractivity contribution in [2.75, 3.05) is 17.7 Å². The summed E-state index contributed by atoms with van der Waals surface area (Å²) in [6.07, 6.45) is 0. The van der Waals surface area contributed by atoms with Gasteiger partial charge in [-0.15, -0.1) is 0 Å². The van der Waals surface area contributed by atoms with E-state index >= 15 is 0 Å². The lowest BCUT2D eigenvalue weighted by atomic mass is 10.1. The fraction of sp³-hybridized carbons (Fsp3) is 0.222. The molecule has 0 heterocycles. The molecule has 7 heteroatoms. The molecule has 5 nitrogen and oxygen atoms in total. The number of halogens is 2. The van der Waals surface area contributed by atoms with Crippen LogP contribution in [0, 0.1) is 12.7 Å². The Hall–Kier alpha value is -2.60. The van der Waals surface area contributed by atoms with Gasteiger partial charge in [0.2, 0.25) is 5.91 Å². The van der Waals surface area contributed by atoms with Gasteiger partial charge in [0.25, 0.3) is 0 Å². The van der Waals surface area contributed by atoms with Crippen molar-refractivity contribution in [3.8, 4) is 0 Å². The van der Waals surface area contributed by atoms with Crippen LogP contribution in [-0.4, -0.2) is 23.9 Å². The first-order valence-electron chi connectivity index (χ1n) is 7.61. The lowest BCUT2D eigenvalue weighted by molar-refractivity contribution is -0.114. The normalized spacial score (nSPS) is 10.3. The Labute approximate surface area is 150 Å². The molecule has 2 aromatic rings. The number of carbonyl (C=O) groups excluding carboxylic acids is 2. The zero-order chi connectivity index (χ0) is 18.6. The lowest BCUT2D eigenvalue weighted by Crippen LogP contribution is -2.31. The SMILES string of the molecule is CC(=O)Nc1ccc(C)c(NC(=O)N(C)Cc2c(F)cccc2Cl)c1. The average Bonchev–Trinajstić information content (AvgIpc) is 2.53. The van der Waals surface area contributed by atoms with Crippen molar-refractivity contribution in [2.45, 2.75) is 20.4 Å². The van der Waals surface area contributed by atoms with Crippen molar-refractivity contribution in [1.29, 1.82) is 0 Å². The minimum atomic E-state index is -0.462. The summed E-state index contributed by atoms with van der Waals surface area (Å²) in [4.78, 5) is 24.9. The molecule has 2 aromatic carbocycles. The summed E-state index contributed by atoms with van der Waals surface area (Å²) in [5, 5.41) is 5.68. The molecule has 25 heavy (non-hydrogen) atoms. The molecule has 0 atom stereocenters. The smallest absolute Gasteiger partial charge is 0.321 e. The van der Waals surface area contributed by atoms with E-state index in [1.165, 1.54) is 24.0 Å². The minimum Gasteiger partial charge on any atom is -0.326 e. The van der Waals surface area contributed by atoms with Crippen LogP contribution in [0.25, 0.3) is 0 Å². The Balaban J connectivity index is 2.12. The van der Waals surface area contributed by atoms with Gasteiger partial charge in [0, 0.05) is 35.9 Å². The van der Waals surface area contributed by atoms with Crippen molar-refractivity contribution in [2.24, 2.45) is 0 Å². The molecule has 0 spiro atoms. The third-order valence-corrected chi connectivity index (χ3v) is 3.96. The fourth-order valence-corrected chi connectivity index (χ4v) is 2.46. The maximum Gasteiger partial charge on any atom is 0.321 e. The maximum absolute atomic E-state index is 13.9. The molecule has 0 aliphatic carbocycles. The number of amides is 3. The number of benzene rings is 2. The van der Waals surface area contributed by atoms with Crippen molar-refractivity contribution in [3.63, 3.8) is 0 Å². The third-order valence-electron chi connectivity index (χ3n) is 3.60. The Morgan fingerprint density at radius 2 is 1.92 bits per heavy atom. The Kier molecular flexibility index (Phi) is 5.98. The highest BCUT2D eigenvalue weighted by atomic mass is 35.5. The summed E-state index contributed by atoms with van der Waals surface area (Å²) in [6.45, 7) is 3.27. The highest BCUT2D eigenvalue weighted by molar-refractivity contribution is 6.31. The van der Waals surface area contributed by atoms with Crippen LogP contribution in [0.1, 0.15) is 18.1 Å². The standard InChI is InChI=1S/C18H19ClFN3O2/c1-11-7-8-13(21-12(2)24)9-17(11)22-18(25)23(3)10-14-15(19)5-4-6-16(14)20/h4-9H,10H2,1-3H3,(H,21,24)(H,22,25). The van der Waals surface area contributed by atoms with Crippen LogP contribution in [0.5, 0.6) is 0 Å². The summed E-state index contributed by atoms with van der Waals surface area (Å²) >= 11 is 5.99. The molecule has 0 fully saturated rings. The first kappa shape index (κ1) is 18.7. The van der Waals surface area contributed by atoms with E-state index in [9.17, 15) is 14.0 Å². The van der Waals surface area contributed by atoms with E-state index in [2.05, 4.69) is 10.6 Å². The number of hydrogen-bond donors (Lipinski definition) is 2. The summed E-state index contributed by atoms with van der Waals surface area (Å²) in [7, 11) is 1.55. The van der Waals surface area contributed by atoms with Crippen LogP contribution in [0.3, 0.4) is 0 Å². The third kappa shape index (κ3) is 4.93. The second kappa shape index (κ2) is 7.98. The molecule has 2 rings (SSSR count). The molecule has 0 unspecified atom stereocenters. The first-order valence-corrected chi connectivity index (χ1v) is 7.99. The average molecular weight is 364 g/mol. The molecule has 0 aliphatic rings. The molecule has 0 bridgehead atoms. The van der Waals surface area contributed by atoms with Crippen molar-refractivity contribution in [3.05, 3.63) is 58.4 Å². The van der Waals surface area contributed by atoms with Crippen LogP contribution in [-0.2, 0) is 11.3 Å². The Morgan fingerprint density at radius 3 is 2.56 bits per heavy atom. The quantitative estimate of drug-likeness (QED) is 0.845. The van der Waals surface area contributed by atoms with Gasteiger partial charge in [0.15, 0.2) is 0 Å². The Bertz CT molecular complexity index is 791. The topological polar surface area (TPSA) is 61.4 Å². The van der Waals surface area contributed by atoms with Gasteiger partial charge in [-0.25, -0.2) is 9.18 Å². The van der Waals surface area contributed by atoms with Gasteiger partial charge in [-0.3, -0.25) is 4.79 Å². The number of nitrogens with zero attached hydrogens (tertiary/aromatic N) is 1. The number of aryl methyl sites for hydroxylation is 1. The molecule has 3 amide bonds. The summed E-state index contributed by atoms with van der Waals surface area (Å²) in [6, 6.07) is 9.17. The number of carbonyl (C=O) groups is 2. The molecular weight excluding hydrogens is 345 g/mol. The van der Waals surface area contributed by atoms with Gasteiger partial charge in [0.05, 0.1) is 6.54 Å². The summed E-state index contributed by atoms with van der Waals surface area (Å²) in [5.41, 5.74) is 2.22. The second-order valence-electron chi connectivity index (χ2n) is 5.70. The zero-order valence-corrected chi connectivity index (χ0v) is 14.9. The highest BCUT2D eigenvalue weighted by Gasteiger charge is 2.15. The maximum atomic E-state index is 13.9. The van der Waals surface area contributed by atoms with E-state index in [-0.39, 0.29) is 23.0 Å². The zero-order valence-electron chi connectivity index (χ0n) is 14.2. The van der Waals surface area contributed by atoms with E-state index in [1.54, 1.807) is 31.3 Å². The molecule has 0 aliphatic heterocycles. The van der Waals surface area contributed by atoms with E-state index in [0.29, 0.717) is 11.4 Å². The van der Waals surface area contributed by atoms with Crippen LogP contribution in [0.2, 0.25) is 5.02 Å². The molecule has 0 saturated heterocycles. The van der Waals surface area contributed by atoms with Gasteiger partial charge < -0.3 is 15.5 Å². The predicted octanol–water partition coefficient (Wildman–Crippen LogP) is 4.41. The molecule has 132 valence electrons. The molecule has 0 aromatic heterocycles. The number of rotatable bonds is 4. The van der Waals surface area contributed by atoms with Crippen molar-refractivity contribution in [1.82, 2.24) is 4.90 Å². The molecule has 2 N–H and O–H groups in total. The largest absolute Gasteiger partial charge is 0.326 e. The van der Waals surface area contributed by atoms with E-state index in [0.717, 1.165) is 5.56 Å². The number of urea groups is 1. The minimum absolute atomic E-state index is 0.0295. The first-order chi connectivity index (χ1) is 11.8. The molecular formula is C18H19ClFN3O2. The number of anilines is 2. The van der Waals surface area contributed by atoms with Gasteiger partial charge >= 0.3 is 6.03 Å². The predicted molar refractivity (Wildman–Crippen MR) is 97.4 cm³/mol. The molecule has 0 radical (unpaired) electrons. The highest BCUT2D eigenvalue weighted by Crippen LogP contribution is 2.23. The molecule has 0 saturated carbocycles. The lowest BCUT2D eigenvalue weighted by Gasteiger charge is -2.20. The monoisotopic (exact) mass is 363 g/mol. The van der Waals surface area contributed by atoms with E-state index in [4.69, 9.17) is 11.6 Å². The van der Waals surface area contributed by atoms with Gasteiger partial charge in [-0.2, -0.15) is 0 Å². The fourth-order valence-electron chi connectivity index (χ4n) is 2.24. The van der Waals surface area contributed by atoms with Crippen molar-refractivity contribution >= 4 is 34.9 Å². The van der Waals surface area contributed by atoms with Gasteiger partial charge in [-0.1, -0.05) is 23.7 Å².